The second-order valence-electron chi connectivity index (χ2n) is 6.27. The second kappa shape index (κ2) is 7.71. The summed E-state index contributed by atoms with van der Waals surface area (Å²) >= 11 is 0. The van der Waals surface area contributed by atoms with E-state index < -0.39 is 6.10 Å². The third-order valence-corrected chi connectivity index (χ3v) is 4.33. The molecule has 7 nitrogen and oxygen atoms in total. The second-order valence-corrected chi connectivity index (χ2v) is 6.27. The van der Waals surface area contributed by atoms with Gasteiger partial charge < -0.3 is 20.3 Å². The first-order valence-electron chi connectivity index (χ1n) is 8.27. The lowest BCUT2D eigenvalue weighted by Gasteiger charge is -2.13. The molecule has 1 fully saturated rings. The molecular weight excluding hydrogens is 327 g/mol. The van der Waals surface area contributed by atoms with E-state index in [-0.39, 0.29) is 24.1 Å². The quantitative estimate of drug-likeness (QED) is 0.714. The third kappa shape index (κ3) is 4.40. The lowest BCUT2D eigenvalue weighted by atomic mass is 10.1. The fourth-order valence-corrected chi connectivity index (χ4v) is 2.69. The Labute approximate surface area is 144 Å². The zero-order valence-corrected chi connectivity index (χ0v) is 14.0. The Morgan fingerprint density at radius 3 is 3.04 bits per heavy atom. The van der Waals surface area contributed by atoms with Crippen molar-refractivity contribution in [1.82, 2.24) is 20.8 Å². The highest BCUT2D eigenvalue weighted by Crippen LogP contribution is 2.19. The van der Waals surface area contributed by atoms with Crippen molar-refractivity contribution in [2.24, 2.45) is 5.92 Å². The number of hydrogen-bond donors (Lipinski definition) is 3. The van der Waals surface area contributed by atoms with Gasteiger partial charge in [0.1, 0.15) is 5.82 Å². The molecule has 0 spiro atoms. The highest BCUT2D eigenvalue weighted by Gasteiger charge is 2.25. The van der Waals surface area contributed by atoms with Gasteiger partial charge in [-0.15, -0.1) is 0 Å². The van der Waals surface area contributed by atoms with Crippen molar-refractivity contribution >= 4 is 5.91 Å². The van der Waals surface area contributed by atoms with Gasteiger partial charge in [0.25, 0.3) is 0 Å². The molecule has 2 heterocycles. The zero-order valence-electron chi connectivity index (χ0n) is 14.0. The van der Waals surface area contributed by atoms with Crippen LogP contribution in [0.1, 0.15) is 17.9 Å². The summed E-state index contributed by atoms with van der Waals surface area (Å²) in [5.41, 5.74) is 1.08. The molecule has 1 amide bonds. The number of aliphatic hydroxyl groups is 1. The summed E-state index contributed by atoms with van der Waals surface area (Å²) in [4.78, 5) is 16.1. The standard InChI is InChI=1S/C17H21FN4O3/c1-10-2-3-11(6-13(10)18)17-21-16(25-22-17)5-4-15(24)20-8-12-7-19-9-14(12)23/h2-3,6,12,14,19,23H,4-5,7-9H2,1H3,(H,20,24). The van der Waals surface area contributed by atoms with Gasteiger partial charge in [-0.25, -0.2) is 4.39 Å². The number of aliphatic hydroxyl groups excluding tert-OH is 1. The summed E-state index contributed by atoms with van der Waals surface area (Å²) in [7, 11) is 0. The van der Waals surface area contributed by atoms with E-state index in [9.17, 15) is 14.3 Å². The largest absolute Gasteiger partial charge is 0.391 e. The van der Waals surface area contributed by atoms with Gasteiger partial charge >= 0.3 is 0 Å². The van der Waals surface area contributed by atoms with E-state index in [4.69, 9.17) is 4.52 Å². The average molecular weight is 348 g/mol. The van der Waals surface area contributed by atoms with Gasteiger partial charge in [-0.05, 0) is 18.6 Å². The number of rotatable bonds is 6. The monoisotopic (exact) mass is 348 g/mol. The number of aryl methyl sites for hydroxylation is 2. The van der Waals surface area contributed by atoms with Crippen molar-refractivity contribution in [1.29, 1.82) is 0 Å². The van der Waals surface area contributed by atoms with E-state index in [0.717, 1.165) is 0 Å². The van der Waals surface area contributed by atoms with Crippen molar-refractivity contribution < 1.29 is 18.8 Å². The Hall–Kier alpha value is -2.32. The first-order valence-corrected chi connectivity index (χ1v) is 8.27. The van der Waals surface area contributed by atoms with Crippen LogP contribution in [0.4, 0.5) is 4.39 Å². The van der Waals surface area contributed by atoms with Crippen molar-refractivity contribution in [3.05, 3.63) is 35.5 Å². The van der Waals surface area contributed by atoms with Gasteiger partial charge in [0, 0.05) is 44.0 Å². The smallest absolute Gasteiger partial charge is 0.227 e. The summed E-state index contributed by atoms with van der Waals surface area (Å²) in [6.07, 6.45) is 0.0902. The summed E-state index contributed by atoms with van der Waals surface area (Å²) in [6.45, 7) is 3.37. The van der Waals surface area contributed by atoms with Crippen LogP contribution in [0, 0.1) is 18.7 Å². The maximum Gasteiger partial charge on any atom is 0.227 e. The Bertz CT molecular complexity index is 749. The first kappa shape index (κ1) is 17.5. The van der Waals surface area contributed by atoms with Crippen LogP contribution in [-0.2, 0) is 11.2 Å². The highest BCUT2D eigenvalue weighted by molar-refractivity contribution is 5.76. The van der Waals surface area contributed by atoms with Crippen molar-refractivity contribution in [3.63, 3.8) is 0 Å². The van der Waals surface area contributed by atoms with E-state index in [2.05, 4.69) is 20.8 Å². The van der Waals surface area contributed by atoms with Crippen LogP contribution in [0.25, 0.3) is 11.4 Å². The van der Waals surface area contributed by atoms with Gasteiger partial charge in [-0.3, -0.25) is 4.79 Å². The van der Waals surface area contributed by atoms with Crippen LogP contribution in [0.2, 0.25) is 0 Å². The molecule has 1 saturated heterocycles. The summed E-state index contributed by atoms with van der Waals surface area (Å²) < 4.78 is 18.7. The van der Waals surface area contributed by atoms with Crippen LogP contribution in [-0.4, -0.2) is 46.9 Å². The van der Waals surface area contributed by atoms with Gasteiger partial charge in [0.15, 0.2) is 0 Å². The normalized spacial score (nSPS) is 20.0. The minimum Gasteiger partial charge on any atom is -0.391 e. The topological polar surface area (TPSA) is 100 Å². The molecule has 0 aliphatic carbocycles. The maximum atomic E-state index is 13.6. The minimum absolute atomic E-state index is 0.0374. The lowest BCUT2D eigenvalue weighted by Crippen LogP contribution is -2.34. The molecule has 1 aliphatic heterocycles. The van der Waals surface area contributed by atoms with E-state index in [1.807, 2.05) is 0 Å². The zero-order chi connectivity index (χ0) is 17.8. The number of nitrogens with zero attached hydrogens (tertiary/aromatic N) is 2. The molecule has 0 saturated carbocycles. The molecule has 134 valence electrons. The predicted molar refractivity (Wildman–Crippen MR) is 88.1 cm³/mol. The molecule has 0 bridgehead atoms. The van der Waals surface area contributed by atoms with Crippen molar-refractivity contribution in [3.8, 4) is 11.4 Å². The number of benzene rings is 1. The first-order chi connectivity index (χ1) is 12.0. The third-order valence-electron chi connectivity index (χ3n) is 4.33. The molecule has 2 unspecified atom stereocenters. The van der Waals surface area contributed by atoms with Crippen LogP contribution in [0.15, 0.2) is 22.7 Å². The van der Waals surface area contributed by atoms with E-state index in [1.54, 1.807) is 19.1 Å². The summed E-state index contributed by atoms with van der Waals surface area (Å²) in [5, 5.41) is 19.4. The molecule has 2 aromatic rings. The van der Waals surface area contributed by atoms with Crippen LogP contribution >= 0.6 is 0 Å². The Balaban J connectivity index is 1.49. The summed E-state index contributed by atoms with van der Waals surface area (Å²) in [5.74, 6) is 0.200. The van der Waals surface area contributed by atoms with Crippen LogP contribution < -0.4 is 10.6 Å². The number of carbonyl (C=O) groups is 1. The number of aromatic nitrogens is 2. The highest BCUT2D eigenvalue weighted by atomic mass is 19.1. The molecule has 8 heteroatoms. The van der Waals surface area contributed by atoms with Crippen molar-refractivity contribution in [2.45, 2.75) is 25.9 Å². The number of hydrogen-bond acceptors (Lipinski definition) is 6. The predicted octanol–water partition coefficient (Wildman–Crippen LogP) is 0.813. The molecular formula is C17H21FN4O3. The molecule has 1 aliphatic rings. The molecule has 0 radical (unpaired) electrons. The fourth-order valence-electron chi connectivity index (χ4n) is 2.69. The number of nitrogens with one attached hydrogen (secondary N) is 2. The SMILES string of the molecule is Cc1ccc(-c2noc(CCC(=O)NCC3CNCC3O)n2)cc1F. The van der Waals surface area contributed by atoms with E-state index >= 15 is 0 Å². The maximum absolute atomic E-state index is 13.6. The number of amides is 1. The Morgan fingerprint density at radius 2 is 2.32 bits per heavy atom. The van der Waals surface area contributed by atoms with E-state index in [1.165, 1.54) is 6.07 Å². The molecule has 1 aromatic heterocycles. The lowest BCUT2D eigenvalue weighted by molar-refractivity contribution is -0.121. The molecule has 3 rings (SSSR count). The molecule has 1 aromatic carbocycles. The number of β-amino-alcohol motifs (C(OH)–C–C–N with tert-alkyl or cyclic N) is 1. The van der Waals surface area contributed by atoms with Crippen LogP contribution in [0.3, 0.4) is 0 Å². The fraction of sp³-hybridized carbons (Fsp3) is 0.471. The summed E-state index contributed by atoms with van der Waals surface area (Å²) in [6, 6.07) is 4.73. The number of carbonyl (C=O) groups excluding carboxylic acids is 1. The minimum atomic E-state index is -0.422. The van der Waals surface area contributed by atoms with Crippen molar-refractivity contribution in [2.75, 3.05) is 19.6 Å². The van der Waals surface area contributed by atoms with E-state index in [0.29, 0.717) is 48.9 Å². The number of halogens is 1. The van der Waals surface area contributed by atoms with Gasteiger partial charge in [0.2, 0.25) is 17.6 Å². The van der Waals surface area contributed by atoms with Crippen LogP contribution in [0.5, 0.6) is 0 Å². The van der Waals surface area contributed by atoms with Gasteiger partial charge in [0.05, 0.1) is 6.10 Å². The molecule has 2 atom stereocenters. The average Bonchev–Trinajstić information content (AvgIpc) is 3.22. The van der Waals surface area contributed by atoms with Gasteiger partial charge in [-0.2, -0.15) is 4.98 Å². The Kier molecular flexibility index (Phi) is 5.40. The molecule has 25 heavy (non-hydrogen) atoms. The Morgan fingerprint density at radius 1 is 1.48 bits per heavy atom. The molecule has 3 N–H and O–H groups in total. The van der Waals surface area contributed by atoms with Gasteiger partial charge in [-0.1, -0.05) is 17.3 Å².